The molecule has 0 aliphatic carbocycles. The van der Waals surface area contributed by atoms with E-state index in [1.807, 2.05) is 41.3 Å². The number of amides is 2. The van der Waals surface area contributed by atoms with Crippen LogP contribution in [0.2, 0.25) is 10.0 Å². The number of Topliss-reactive ketones (excluding diaryl/α,β-unsaturated/α-hetero) is 1. The SMILES string of the molecule is COc1ccc(C(=O)[C@@H]2[C@@H]3C(=O)N(c4cc(Cl)cc(Cl)c4)C(=O)[C@H]3[C@H]3C=Cc4ccccc4N32)cc1. The number of ether oxygens (including phenoxy) is 1. The lowest BCUT2D eigenvalue weighted by Crippen LogP contribution is -2.48. The van der Waals surface area contributed by atoms with Crippen LogP contribution in [0.15, 0.2) is 72.8 Å². The van der Waals surface area contributed by atoms with E-state index in [9.17, 15) is 14.4 Å². The minimum absolute atomic E-state index is 0.229. The number of carbonyl (C=O) groups excluding carboxylic acids is 3. The zero-order chi connectivity index (χ0) is 25.1. The molecule has 0 spiro atoms. The quantitative estimate of drug-likeness (QED) is 0.347. The number of anilines is 2. The molecule has 0 radical (unpaired) electrons. The first-order chi connectivity index (χ1) is 17.4. The van der Waals surface area contributed by atoms with E-state index in [2.05, 4.69) is 0 Å². The highest BCUT2D eigenvalue weighted by atomic mass is 35.5. The molecule has 3 aromatic carbocycles. The van der Waals surface area contributed by atoms with Crippen LogP contribution in [0.25, 0.3) is 6.08 Å². The maximum atomic E-state index is 14.0. The molecule has 3 aliphatic rings. The fourth-order valence-electron chi connectivity index (χ4n) is 5.66. The van der Waals surface area contributed by atoms with Crippen molar-refractivity contribution >= 4 is 58.3 Å². The second-order valence-corrected chi connectivity index (χ2v) is 9.92. The Morgan fingerprint density at radius 3 is 2.25 bits per heavy atom. The van der Waals surface area contributed by atoms with Gasteiger partial charge in [-0.25, -0.2) is 4.90 Å². The minimum Gasteiger partial charge on any atom is -0.497 e. The van der Waals surface area contributed by atoms with Crippen molar-refractivity contribution in [2.75, 3.05) is 16.9 Å². The van der Waals surface area contributed by atoms with Crippen molar-refractivity contribution in [3.8, 4) is 5.75 Å². The molecule has 0 bridgehead atoms. The van der Waals surface area contributed by atoms with Gasteiger partial charge in [0.15, 0.2) is 5.78 Å². The van der Waals surface area contributed by atoms with Gasteiger partial charge in [0.2, 0.25) is 11.8 Å². The largest absolute Gasteiger partial charge is 0.497 e. The van der Waals surface area contributed by atoms with E-state index >= 15 is 0 Å². The van der Waals surface area contributed by atoms with Gasteiger partial charge in [0.1, 0.15) is 11.8 Å². The summed E-state index contributed by atoms with van der Waals surface area (Å²) in [6, 6.07) is 17.8. The van der Waals surface area contributed by atoms with Crippen LogP contribution >= 0.6 is 23.2 Å². The Balaban J connectivity index is 1.48. The smallest absolute Gasteiger partial charge is 0.240 e. The number of ketones is 1. The fourth-order valence-corrected chi connectivity index (χ4v) is 6.18. The summed E-state index contributed by atoms with van der Waals surface area (Å²) in [6.07, 6.45) is 3.87. The van der Waals surface area contributed by atoms with Gasteiger partial charge in [-0.3, -0.25) is 14.4 Å². The van der Waals surface area contributed by atoms with Crippen LogP contribution in [0.1, 0.15) is 15.9 Å². The molecule has 3 aliphatic heterocycles. The molecule has 4 atom stereocenters. The standard InChI is InChI=1S/C28H20Cl2N2O4/c1-36-20-9-6-16(7-10-20)26(33)25-24-23(22-11-8-15-4-2-3-5-21(15)32(22)25)27(34)31(28(24)35)19-13-17(29)12-18(30)14-19/h2-14,22-25H,1H3/t22-,23+,24-,25+/m1/s1. The Hall–Kier alpha value is -3.61. The first-order valence-electron chi connectivity index (χ1n) is 11.5. The maximum absolute atomic E-state index is 14.0. The summed E-state index contributed by atoms with van der Waals surface area (Å²) in [7, 11) is 1.56. The van der Waals surface area contributed by atoms with Crippen molar-refractivity contribution in [2.24, 2.45) is 11.8 Å². The number of nitrogens with zero attached hydrogens (tertiary/aromatic N) is 2. The summed E-state index contributed by atoms with van der Waals surface area (Å²) in [5, 5.41) is 0.628. The third kappa shape index (κ3) is 3.36. The number of hydrogen-bond donors (Lipinski definition) is 0. The Morgan fingerprint density at radius 2 is 1.56 bits per heavy atom. The molecule has 3 heterocycles. The number of fused-ring (bicyclic) bond motifs is 5. The van der Waals surface area contributed by atoms with Gasteiger partial charge in [-0.05, 0) is 54.1 Å². The average Bonchev–Trinajstić information content (AvgIpc) is 3.35. The molecule has 0 aromatic heterocycles. The molecule has 6 nitrogen and oxygen atoms in total. The van der Waals surface area contributed by atoms with E-state index in [1.54, 1.807) is 31.4 Å². The predicted molar refractivity (Wildman–Crippen MR) is 139 cm³/mol. The van der Waals surface area contributed by atoms with Crippen molar-refractivity contribution in [3.05, 3.63) is 94.0 Å². The molecular formula is C28H20Cl2N2O4. The van der Waals surface area contributed by atoms with Crippen LogP contribution in [0.4, 0.5) is 11.4 Å². The maximum Gasteiger partial charge on any atom is 0.240 e. The van der Waals surface area contributed by atoms with Gasteiger partial charge in [0.05, 0.1) is 30.7 Å². The van der Waals surface area contributed by atoms with Crippen molar-refractivity contribution in [1.29, 1.82) is 0 Å². The van der Waals surface area contributed by atoms with Crippen LogP contribution in [-0.2, 0) is 9.59 Å². The summed E-state index contributed by atoms with van der Waals surface area (Å²) in [5.41, 5.74) is 2.50. The van der Waals surface area contributed by atoms with E-state index in [0.717, 1.165) is 16.2 Å². The average molecular weight is 519 g/mol. The van der Waals surface area contributed by atoms with Gasteiger partial charge in [-0.15, -0.1) is 0 Å². The van der Waals surface area contributed by atoms with Crippen LogP contribution in [0.5, 0.6) is 5.75 Å². The van der Waals surface area contributed by atoms with Gasteiger partial charge in [-0.1, -0.05) is 53.6 Å². The second-order valence-electron chi connectivity index (χ2n) is 9.04. The fraction of sp³-hybridized carbons (Fsp3) is 0.179. The molecule has 2 amide bonds. The lowest BCUT2D eigenvalue weighted by molar-refractivity contribution is -0.122. The summed E-state index contributed by atoms with van der Waals surface area (Å²) < 4.78 is 5.23. The van der Waals surface area contributed by atoms with Gasteiger partial charge >= 0.3 is 0 Å². The molecule has 2 saturated heterocycles. The van der Waals surface area contributed by atoms with Crippen LogP contribution in [0, 0.1) is 11.8 Å². The van der Waals surface area contributed by atoms with E-state index in [4.69, 9.17) is 27.9 Å². The number of benzene rings is 3. The van der Waals surface area contributed by atoms with E-state index < -0.39 is 29.8 Å². The molecule has 0 N–H and O–H groups in total. The minimum atomic E-state index is -0.870. The van der Waals surface area contributed by atoms with E-state index in [-0.39, 0.29) is 11.7 Å². The number of methoxy groups -OCH3 is 1. The molecular weight excluding hydrogens is 499 g/mol. The number of halogens is 2. The molecule has 36 heavy (non-hydrogen) atoms. The van der Waals surface area contributed by atoms with Crippen LogP contribution < -0.4 is 14.5 Å². The summed E-state index contributed by atoms with van der Waals surface area (Å²) in [6.45, 7) is 0. The Labute approximate surface area is 217 Å². The number of imide groups is 1. The molecule has 6 rings (SSSR count). The Morgan fingerprint density at radius 1 is 0.889 bits per heavy atom. The van der Waals surface area contributed by atoms with Crippen LogP contribution in [-0.4, -0.2) is 36.8 Å². The molecule has 8 heteroatoms. The third-order valence-electron chi connectivity index (χ3n) is 7.16. The predicted octanol–water partition coefficient (Wildman–Crippen LogP) is 5.27. The highest BCUT2D eigenvalue weighted by Gasteiger charge is 2.64. The Kier molecular flexibility index (Phi) is 5.39. The topological polar surface area (TPSA) is 66.9 Å². The highest BCUT2D eigenvalue weighted by Crippen LogP contribution is 2.50. The molecule has 2 fully saturated rings. The highest BCUT2D eigenvalue weighted by molar-refractivity contribution is 6.36. The zero-order valence-electron chi connectivity index (χ0n) is 19.1. The summed E-state index contributed by atoms with van der Waals surface area (Å²) in [4.78, 5) is 44.8. The zero-order valence-corrected chi connectivity index (χ0v) is 20.6. The lowest BCUT2D eigenvalue weighted by Gasteiger charge is -2.36. The number of carbonyl (C=O) groups is 3. The number of hydrogen-bond acceptors (Lipinski definition) is 5. The molecule has 0 saturated carbocycles. The third-order valence-corrected chi connectivity index (χ3v) is 7.60. The molecule has 0 unspecified atom stereocenters. The number of rotatable bonds is 4. The van der Waals surface area contributed by atoms with Gasteiger partial charge in [0, 0.05) is 21.3 Å². The van der Waals surface area contributed by atoms with Crippen molar-refractivity contribution < 1.29 is 19.1 Å². The monoisotopic (exact) mass is 518 g/mol. The van der Waals surface area contributed by atoms with E-state index in [1.165, 1.54) is 18.2 Å². The number of para-hydroxylation sites is 1. The summed E-state index contributed by atoms with van der Waals surface area (Å²) >= 11 is 12.4. The normalized spacial score (nSPS) is 24.0. The van der Waals surface area contributed by atoms with Gasteiger partial charge in [0.25, 0.3) is 0 Å². The van der Waals surface area contributed by atoms with E-state index in [0.29, 0.717) is 27.0 Å². The van der Waals surface area contributed by atoms with Crippen LogP contribution in [0.3, 0.4) is 0 Å². The first kappa shape index (κ1) is 22.8. The van der Waals surface area contributed by atoms with Gasteiger partial charge < -0.3 is 9.64 Å². The van der Waals surface area contributed by atoms with Gasteiger partial charge in [-0.2, -0.15) is 0 Å². The van der Waals surface area contributed by atoms with Crippen molar-refractivity contribution in [3.63, 3.8) is 0 Å². The van der Waals surface area contributed by atoms with Crippen molar-refractivity contribution in [1.82, 2.24) is 0 Å². The lowest BCUT2D eigenvalue weighted by atomic mass is 9.86. The first-order valence-corrected chi connectivity index (χ1v) is 12.2. The molecule has 3 aromatic rings. The second kappa shape index (κ2) is 8.50. The molecule has 180 valence electrons. The van der Waals surface area contributed by atoms with Crippen molar-refractivity contribution in [2.45, 2.75) is 12.1 Å². The Bertz CT molecular complexity index is 1430. The summed E-state index contributed by atoms with van der Waals surface area (Å²) in [5.74, 6) is -2.01.